The third-order valence-corrected chi connectivity index (χ3v) is 3.01. The van der Waals surface area contributed by atoms with E-state index in [1.54, 1.807) is 6.07 Å². The predicted octanol–water partition coefficient (Wildman–Crippen LogP) is 0.487. The van der Waals surface area contributed by atoms with Gasteiger partial charge in [-0.05, 0) is 30.2 Å². The van der Waals surface area contributed by atoms with Gasteiger partial charge in [0.15, 0.2) is 5.84 Å². The Labute approximate surface area is 104 Å². The molecule has 1 heterocycles. The Balaban J connectivity index is 2.15. The summed E-state index contributed by atoms with van der Waals surface area (Å²) >= 11 is 0. The third kappa shape index (κ3) is 2.96. The summed E-state index contributed by atoms with van der Waals surface area (Å²) in [6.45, 7) is 1.92. The number of β-amino-alcohol motifs (C(OH)–C–C–N with tert-alkyl or cyclic N) is 1. The van der Waals surface area contributed by atoms with Crippen molar-refractivity contribution < 1.29 is 14.7 Å². The fourth-order valence-corrected chi connectivity index (χ4v) is 2.16. The van der Waals surface area contributed by atoms with E-state index in [0.717, 1.165) is 18.5 Å². The third-order valence-electron chi connectivity index (χ3n) is 3.01. The summed E-state index contributed by atoms with van der Waals surface area (Å²) in [5, 5.41) is 20.9. The molecule has 1 atom stereocenters. The second-order valence-corrected chi connectivity index (χ2v) is 4.51. The molecule has 98 valence electrons. The van der Waals surface area contributed by atoms with Crippen LogP contribution in [-0.2, 0) is 6.54 Å². The molecule has 0 saturated carbocycles. The first-order chi connectivity index (χ1) is 8.58. The second-order valence-electron chi connectivity index (χ2n) is 4.51. The predicted molar refractivity (Wildman–Crippen MR) is 64.8 cm³/mol. The lowest BCUT2D eigenvalue weighted by molar-refractivity contribution is 0.175. The average Bonchev–Trinajstić information content (AvgIpc) is 2.73. The standard InChI is InChI=1S/C12H16FN3O2/c13-10-4-8(3-9(5-10)12(14)15-18)6-16-2-1-11(17)7-16/h3-5,11,17-18H,1-2,6-7H2,(H2,14,15). The number of amidine groups is 1. The fourth-order valence-electron chi connectivity index (χ4n) is 2.16. The molecule has 0 aromatic heterocycles. The Hall–Kier alpha value is -1.66. The summed E-state index contributed by atoms with van der Waals surface area (Å²) in [6.07, 6.45) is 0.435. The first-order valence-electron chi connectivity index (χ1n) is 5.76. The van der Waals surface area contributed by atoms with Gasteiger partial charge in [-0.3, -0.25) is 4.90 Å². The van der Waals surface area contributed by atoms with Crippen molar-refractivity contribution in [2.24, 2.45) is 10.9 Å². The van der Waals surface area contributed by atoms with Crippen LogP contribution < -0.4 is 5.73 Å². The van der Waals surface area contributed by atoms with Gasteiger partial charge >= 0.3 is 0 Å². The average molecular weight is 253 g/mol. The van der Waals surface area contributed by atoms with E-state index in [1.807, 2.05) is 4.90 Å². The van der Waals surface area contributed by atoms with Crippen LogP contribution in [0.2, 0.25) is 0 Å². The lowest BCUT2D eigenvalue weighted by atomic mass is 10.1. The summed E-state index contributed by atoms with van der Waals surface area (Å²) in [5.41, 5.74) is 6.54. The lowest BCUT2D eigenvalue weighted by Gasteiger charge is -2.15. The van der Waals surface area contributed by atoms with Crippen molar-refractivity contribution in [3.8, 4) is 0 Å². The monoisotopic (exact) mass is 253 g/mol. The number of likely N-dealkylation sites (tertiary alicyclic amines) is 1. The van der Waals surface area contributed by atoms with Crippen LogP contribution in [0, 0.1) is 5.82 Å². The van der Waals surface area contributed by atoms with Crippen LogP contribution in [-0.4, -0.2) is 40.2 Å². The highest BCUT2D eigenvalue weighted by Crippen LogP contribution is 2.16. The molecule has 1 aliphatic rings. The molecule has 5 nitrogen and oxygen atoms in total. The summed E-state index contributed by atoms with van der Waals surface area (Å²) in [5.74, 6) is -0.536. The molecule has 1 saturated heterocycles. The van der Waals surface area contributed by atoms with E-state index in [-0.39, 0.29) is 11.9 Å². The highest BCUT2D eigenvalue weighted by molar-refractivity contribution is 5.97. The summed E-state index contributed by atoms with van der Waals surface area (Å²) in [4.78, 5) is 2.04. The Morgan fingerprint density at radius 2 is 2.28 bits per heavy atom. The molecular weight excluding hydrogens is 237 g/mol. The van der Waals surface area contributed by atoms with Crippen molar-refractivity contribution in [2.45, 2.75) is 19.1 Å². The first-order valence-corrected chi connectivity index (χ1v) is 5.76. The van der Waals surface area contributed by atoms with Gasteiger partial charge in [0.2, 0.25) is 0 Å². The molecule has 2 rings (SSSR count). The first kappa shape index (κ1) is 12.8. The minimum absolute atomic E-state index is 0.114. The largest absolute Gasteiger partial charge is 0.409 e. The quantitative estimate of drug-likeness (QED) is 0.317. The van der Waals surface area contributed by atoms with Gasteiger partial charge in [-0.1, -0.05) is 5.16 Å². The van der Waals surface area contributed by atoms with Gasteiger partial charge in [0, 0.05) is 25.2 Å². The molecule has 1 aromatic rings. The van der Waals surface area contributed by atoms with Crippen LogP contribution in [0.4, 0.5) is 4.39 Å². The maximum atomic E-state index is 13.4. The topological polar surface area (TPSA) is 82.1 Å². The maximum Gasteiger partial charge on any atom is 0.170 e. The highest BCUT2D eigenvalue weighted by Gasteiger charge is 2.20. The molecule has 0 bridgehead atoms. The van der Waals surface area contributed by atoms with E-state index >= 15 is 0 Å². The molecule has 0 radical (unpaired) electrons. The number of halogens is 1. The van der Waals surface area contributed by atoms with Crippen LogP contribution in [0.3, 0.4) is 0 Å². The Morgan fingerprint density at radius 1 is 1.50 bits per heavy atom. The smallest absolute Gasteiger partial charge is 0.170 e. The van der Waals surface area contributed by atoms with Crippen LogP contribution in [0.15, 0.2) is 23.4 Å². The molecule has 0 amide bonds. The van der Waals surface area contributed by atoms with Gasteiger partial charge in [-0.2, -0.15) is 0 Å². The molecule has 0 spiro atoms. The zero-order chi connectivity index (χ0) is 13.1. The lowest BCUT2D eigenvalue weighted by Crippen LogP contribution is -2.22. The van der Waals surface area contributed by atoms with Crippen LogP contribution >= 0.6 is 0 Å². The molecule has 6 heteroatoms. The second kappa shape index (κ2) is 5.32. The number of oxime groups is 1. The number of nitrogens with zero attached hydrogens (tertiary/aromatic N) is 2. The normalized spacial score (nSPS) is 21.4. The number of aliphatic hydroxyl groups excluding tert-OH is 1. The minimum atomic E-state index is -0.422. The van der Waals surface area contributed by atoms with Crippen LogP contribution in [0.5, 0.6) is 0 Å². The van der Waals surface area contributed by atoms with Crippen molar-refractivity contribution in [1.82, 2.24) is 4.90 Å². The van der Waals surface area contributed by atoms with Crippen molar-refractivity contribution in [1.29, 1.82) is 0 Å². The molecule has 1 aliphatic heterocycles. The fraction of sp³-hybridized carbons (Fsp3) is 0.417. The molecule has 1 fully saturated rings. The van der Waals surface area contributed by atoms with Gasteiger partial charge in [0.1, 0.15) is 5.82 Å². The molecule has 0 aliphatic carbocycles. The number of hydrogen-bond acceptors (Lipinski definition) is 4. The minimum Gasteiger partial charge on any atom is -0.409 e. The zero-order valence-electron chi connectivity index (χ0n) is 9.88. The molecule has 1 unspecified atom stereocenters. The molecule has 4 N–H and O–H groups in total. The van der Waals surface area contributed by atoms with E-state index in [4.69, 9.17) is 10.9 Å². The van der Waals surface area contributed by atoms with E-state index in [1.165, 1.54) is 12.1 Å². The van der Waals surface area contributed by atoms with Crippen LogP contribution in [0.1, 0.15) is 17.5 Å². The van der Waals surface area contributed by atoms with Crippen LogP contribution in [0.25, 0.3) is 0 Å². The Morgan fingerprint density at radius 3 is 2.89 bits per heavy atom. The summed E-state index contributed by atoms with van der Waals surface area (Å²) < 4.78 is 13.4. The van der Waals surface area contributed by atoms with Crippen molar-refractivity contribution in [2.75, 3.05) is 13.1 Å². The number of benzene rings is 1. The Bertz CT molecular complexity index is 465. The number of hydrogen-bond donors (Lipinski definition) is 3. The number of nitrogens with two attached hydrogens (primary N) is 1. The van der Waals surface area contributed by atoms with Crippen molar-refractivity contribution >= 4 is 5.84 Å². The van der Waals surface area contributed by atoms with E-state index < -0.39 is 5.82 Å². The maximum absolute atomic E-state index is 13.4. The van der Waals surface area contributed by atoms with Gasteiger partial charge in [0.25, 0.3) is 0 Å². The van der Waals surface area contributed by atoms with Gasteiger partial charge in [-0.25, -0.2) is 4.39 Å². The summed E-state index contributed by atoms with van der Waals surface area (Å²) in [6, 6.07) is 4.32. The van der Waals surface area contributed by atoms with E-state index in [9.17, 15) is 9.50 Å². The van der Waals surface area contributed by atoms with Gasteiger partial charge < -0.3 is 16.0 Å². The van der Waals surface area contributed by atoms with Crippen molar-refractivity contribution in [3.63, 3.8) is 0 Å². The number of rotatable bonds is 3. The Kier molecular flexibility index (Phi) is 3.78. The summed E-state index contributed by atoms with van der Waals surface area (Å²) in [7, 11) is 0. The SMILES string of the molecule is N/C(=N/O)c1cc(F)cc(CN2CCC(O)C2)c1. The zero-order valence-corrected chi connectivity index (χ0v) is 9.88. The highest BCUT2D eigenvalue weighted by atomic mass is 19.1. The van der Waals surface area contributed by atoms with Gasteiger partial charge in [-0.15, -0.1) is 0 Å². The number of aliphatic hydroxyl groups is 1. The molecular formula is C12H16FN3O2. The van der Waals surface area contributed by atoms with Crippen molar-refractivity contribution in [3.05, 3.63) is 35.1 Å². The van der Waals surface area contributed by atoms with E-state index in [0.29, 0.717) is 18.7 Å². The molecule has 1 aromatic carbocycles. The van der Waals surface area contributed by atoms with E-state index in [2.05, 4.69) is 5.16 Å². The molecule has 18 heavy (non-hydrogen) atoms. The van der Waals surface area contributed by atoms with Gasteiger partial charge in [0.05, 0.1) is 6.10 Å².